The maximum absolute atomic E-state index is 12.3. The smallest absolute Gasteiger partial charge is 0.406 e. The lowest BCUT2D eigenvalue weighted by molar-refractivity contribution is -0.274. The molecule has 2 fully saturated rings. The number of piperidine rings is 1. The van der Waals surface area contributed by atoms with E-state index in [0.29, 0.717) is 24.3 Å². The van der Waals surface area contributed by atoms with Crippen LogP contribution in [-0.2, 0) is 6.54 Å². The molecule has 29 heavy (non-hydrogen) atoms. The van der Waals surface area contributed by atoms with E-state index in [2.05, 4.69) is 15.0 Å². The summed E-state index contributed by atoms with van der Waals surface area (Å²) in [5.41, 5.74) is 1.38. The summed E-state index contributed by atoms with van der Waals surface area (Å²) in [7, 11) is 0. The molecule has 1 heterocycles. The first-order valence-corrected chi connectivity index (χ1v) is 9.77. The number of ether oxygens (including phenoxy) is 1. The van der Waals surface area contributed by atoms with E-state index in [1.165, 1.54) is 23.8 Å². The Balaban J connectivity index is 1.23. The van der Waals surface area contributed by atoms with Crippen LogP contribution in [0.3, 0.4) is 0 Å². The maximum atomic E-state index is 12.3. The van der Waals surface area contributed by atoms with E-state index >= 15 is 0 Å². The zero-order valence-electron chi connectivity index (χ0n) is 15.5. The summed E-state index contributed by atoms with van der Waals surface area (Å²) in [6.07, 6.45) is -4.78. The minimum absolute atomic E-state index is 0.155. The third kappa shape index (κ3) is 5.03. The molecule has 2 unspecified atom stereocenters. The van der Waals surface area contributed by atoms with Crippen molar-refractivity contribution >= 4 is 17.5 Å². The molecule has 2 aliphatic rings. The Bertz CT molecular complexity index is 876. The second-order valence-electron chi connectivity index (χ2n) is 7.60. The van der Waals surface area contributed by atoms with Crippen LogP contribution in [0.4, 0.5) is 13.2 Å². The van der Waals surface area contributed by atoms with Gasteiger partial charge in [0.15, 0.2) is 0 Å². The van der Waals surface area contributed by atoms with Crippen molar-refractivity contribution in [3.8, 4) is 5.75 Å². The van der Waals surface area contributed by atoms with Crippen molar-refractivity contribution in [3.63, 3.8) is 0 Å². The van der Waals surface area contributed by atoms with Crippen molar-refractivity contribution in [1.82, 2.24) is 10.2 Å². The number of hydrogen-bond acceptors (Lipinski definition) is 3. The number of nitrogens with one attached hydrogen (secondary N) is 1. The lowest BCUT2D eigenvalue weighted by Gasteiger charge is -2.19. The van der Waals surface area contributed by atoms with E-state index < -0.39 is 12.1 Å². The lowest BCUT2D eigenvalue weighted by Crippen LogP contribution is -2.30. The van der Waals surface area contributed by atoms with Gasteiger partial charge in [-0.05, 0) is 53.6 Å². The highest BCUT2D eigenvalue weighted by molar-refractivity contribution is 6.30. The van der Waals surface area contributed by atoms with E-state index in [4.69, 9.17) is 11.6 Å². The normalized spacial score (nSPS) is 23.5. The molecule has 0 aromatic heterocycles. The fourth-order valence-electron chi connectivity index (χ4n) is 4.16. The van der Waals surface area contributed by atoms with Crippen LogP contribution in [-0.4, -0.2) is 36.8 Å². The van der Waals surface area contributed by atoms with E-state index in [0.717, 1.165) is 30.7 Å². The predicted molar refractivity (Wildman–Crippen MR) is 103 cm³/mol. The Morgan fingerprint density at radius 3 is 2.48 bits per heavy atom. The Kier molecular flexibility index (Phi) is 5.44. The summed E-state index contributed by atoms with van der Waals surface area (Å²) in [6.45, 7) is 3.40. The molecule has 1 amide bonds. The van der Waals surface area contributed by atoms with Crippen molar-refractivity contribution in [3.05, 3.63) is 64.7 Å². The van der Waals surface area contributed by atoms with Gasteiger partial charge in [0.1, 0.15) is 5.75 Å². The molecule has 2 atom stereocenters. The molecule has 4 nitrogen and oxygen atoms in total. The third-order valence-electron chi connectivity index (χ3n) is 5.59. The minimum Gasteiger partial charge on any atom is -0.406 e. The zero-order chi connectivity index (χ0) is 20.6. The van der Waals surface area contributed by atoms with Crippen LogP contribution in [0.1, 0.15) is 15.9 Å². The van der Waals surface area contributed by atoms with E-state index in [1.807, 2.05) is 24.3 Å². The minimum atomic E-state index is -4.78. The van der Waals surface area contributed by atoms with E-state index in [9.17, 15) is 18.0 Å². The zero-order valence-corrected chi connectivity index (χ0v) is 16.2. The van der Waals surface area contributed by atoms with Gasteiger partial charge in [-0.1, -0.05) is 29.8 Å². The number of halogens is 4. The molecule has 0 spiro atoms. The molecular formula is C21H20ClF3N2O2. The third-order valence-corrected chi connectivity index (χ3v) is 5.85. The molecule has 1 aliphatic carbocycles. The molecule has 0 bridgehead atoms. The highest BCUT2D eigenvalue weighted by atomic mass is 35.5. The van der Waals surface area contributed by atoms with Gasteiger partial charge in [-0.3, -0.25) is 9.69 Å². The Morgan fingerprint density at radius 1 is 1.14 bits per heavy atom. The van der Waals surface area contributed by atoms with Crippen LogP contribution < -0.4 is 10.1 Å². The fraction of sp³-hybridized carbons (Fsp3) is 0.381. The van der Waals surface area contributed by atoms with Crippen molar-refractivity contribution in [2.45, 2.75) is 12.9 Å². The molecule has 2 aromatic rings. The molecule has 1 N–H and O–H groups in total. The molecule has 2 aromatic carbocycles. The molecule has 4 rings (SSSR count). The van der Waals surface area contributed by atoms with Crippen molar-refractivity contribution in [2.24, 2.45) is 17.8 Å². The van der Waals surface area contributed by atoms with Crippen LogP contribution in [0.5, 0.6) is 5.75 Å². The topological polar surface area (TPSA) is 41.6 Å². The quantitative estimate of drug-likeness (QED) is 0.749. The number of amides is 1. The number of likely N-dealkylation sites (tertiary alicyclic amines) is 1. The van der Waals surface area contributed by atoms with E-state index in [-0.39, 0.29) is 11.5 Å². The van der Waals surface area contributed by atoms with Gasteiger partial charge >= 0.3 is 6.36 Å². The van der Waals surface area contributed by atoms with Gasteiger partial charge in [0, 0.05) is 36.8 Å². The van der Waals surface area contributed by atoms with Gasteiger partial charge in [0.05, 0.1) is 0 Å². The second kappa shape index (κ2) is 7.88. The summed E-state index contributed by atoms with van der Waals surface area (Å²) in [6, 6.07) is 13.0. The lowest BCUT2D eigenvalue weighted by atomic mass is 10.2. The molecule has 0 radical (unpaired) electrons. The molecule has 1 saturated heterocycles. The molecular weight excluding hydrogens is 405 g/mol. The van der Waals surface area contributed by atoms with E-state index in [1.54, 1.807) is 0 Å². The average Bonchev–Trinajstić information content (AvgIpc) is 3.11. The second-order valence-corrected chi connectivity index (χ2v) is 8.03. The standard InChI is InChI=1S/C21H20ClF3N2O2/c22-15-6-4-13(5-7-15)10-27-11-18-17(19(18)12-27)9-26-20(28)14-2-1-3-16(8-14)29-21(23,24)25/h1-8,17-19H,9-12H2,(H,26,28). The number of fused-ring (bicyclic) bond motifs is 1. The summed E-state index contributed by atoms with van der Waals surface area (Å²) in [5.74, 6) is 0.756. The van der Waals surface area contributed by atoms with Gasteiger partial charge in [-0.15, -0.1) is 13.2 Å². The summed E-state index contributed by atoms with van der Waals surface area (Å²) in [5, 5.41) is 3.57. The van der Waals surface area contributed by atoms with Crippen LogP contribution in [0.15, 0.2) is 48.5 Å². The maximum Gasteiger partial charge on any atom is 0.573 e. The van der Waals surface area contributed by atoms with Gasteiger partial charge in [-0.25, -0.2) is 0 Å². The summed E-state index contributed by atoms with van der Waals surface area (Å²) < 4.78 is 40.8. The Morgan fingerprint density at radius 2 is 1.83 bits per heavy atom. The first kappa shape index (κ1) is 20.0. The number of carbonyl (C=O) groups excluding carboxylic acids is 1. The number of carbonyl (C=O) groups is 1. The number of nitrogens with zero attached hydrogens (tertiary/aromatic N) is 1. The highest BCUT2D eigenvalue weighted by Gasteiger charge is 2.55. The molecule has 8 heteroatoms. The van der Waals surface area contributed by atoms with Crippen LogP contribution >= 0.6 is 11.6 Å². The van der Waals surface area contributed by atoms with Crippen molar-refractivity contribution in [2.75, 3.05) is 19.6 Å². The molecule has 154 valence electrons. The highest BCUT2D eigenvalue weighted by Crippen LogP contribution is 2.51. The predicted octanol–water partition coefficient (Wildman–Crippen LogP) is 4.35. The first-order chi connectivity index (χ1) is 13.8. The molecule has 1 aliphatic heterocycles. The summed E-state index contributed by atoms with van der Waals surface area (Å²) >= 11 is 5.91. The SMILES string of the molecule is O=C(NCC1C2CN(Cc3ccc(Cl)cc3)CC12)c1cccc(OC(F)(F)F)c1. The summed E-state index contributed by atoms with van der Waals surface area (Å²) in [4.78, 5) is 14.7. The Labute approximate surface area is 171 Å². The van der Waals surface area contributed by atoms with Gasteiger partial charge in [-0.2, -0.15) is 0 Å². The van der Waals surface area contributed by atoms with Gasteiger partial charge in [0.25, 0.3) is 5.91 Å². The Hall–Kier alpha value is -2.25. The number of rotatable bonds is 6. The molecule has 1 saturated carbocycles. The monoisotopic (exact) mass is 424 g/mol. The number of alkyl halides is 3. The van der Waals surface area contributed by atoms with Gasteiger partial charge in [0.2, 0.25) is 0 Å². The average molecular weight is 425 g/mol. The van der Waals surface area contributed by atoms with Gasteiger partial charge < -0.3 is 10.1 Å². The van der Waals surface area contributed by atoms with Crippen LogP contribution in [0.25, 0.3) is 0 Å². The van der Waals surface area contributed by atoms with Crippen LogP contribution in [0, 0.1) is 17.8 Å². The number of benzene rings is 2. The largest absolute Gasteiger partial charge is 0.573 e. The van der Waals surface area contributed by atoms with Crippen LogP contribution in [0.2, 0.25) is 5.02 Å². The first-order valence-electron chi connectivity index (χ1n) is 9.39. The number of hydrogen-bond donors (Lipinski definition) is 1. The fourth-order valence-corrected chi connectivity index (χ4v) is 4.29. The van der Waals surface area contributed by atoms with Crippen molar-refractivity contribution < 1.29 is 22.7 Å². The van der Waals surface area contributed by atoms with Crippen molar-refractivity contribution in [1.29, 1.82) is 0 Å².